The molecule has 2 heterocycles. The predicted octanol–water partition coefficient (Wildman–Crippen LogP) is 5.96. The molecule has 1 aliphatic heterocycles. The van der Waals surface area contributed by atoms with E-state index in [9.17, 15) is 35.9 Å². The van der Waals surface area contributed by atoms with Crippen molar-refractivity contribution in [2.24, 2.45) is 5.16 Å². The largest absolute Gasteiger partial charge is 0.455 e. The topological polar surface area (TPSA) is 77.0 Å². The lowest BCUT2D eigenvalue weighted by Gasteiger charge is -2.29. The van der Waals surface area contributed by atoms with Crippen LogP contribution in [0.3, 0.4) is 0 Å². The van der Waals surface area contributed by atoms with E-state index in [1.165, 1.54) is 6.07 Å². The Morgan fingerprint density at radius 3 is 2.35 bits per heavy atom. The lowest BCUT2D eigenvalue weighted by Crippen LogP contribution is -2.42. The quantitative estimate of drug-likeness (QED) is 0.333. The highest BCUT2D eigenvalue weighted by Gasteiger charge is 2.62. The van der Waals surface area contributed by atoms with Crippen molar-refractivity contribution >= 4 is 52.1 Å². The smallest absolute Gasteiger partial charge is 0.435 e. The lowest BCUT2D eigenvalue weighted by molar-refractivity contribution is -0.275. The standard InChI is InChI=1S/C22H16Cl2F6N2O4S/c23-11-4-10(5-12(24)6-11)20(22(28,29)30)7-15(32-36-20)17-13-2-1-3-14(13)18(37-17)19(34)31-8-16(33)35-9-21(25,26)27/h4-6H,1-3,7-9H2,(H,31,34). The van der Waals surface area contributed by atoms with Crippen LogP contribution in [0.15, 0.2) is 23.4 Å². The van der Waals surface area contributed by atoms with E-state index in [1.807, 2.05) is 0 Å². The molecule has 15 heteroatoms. The second-order valence-electron chi connectivity index (χ2n) is 8.32. The highest BCUT2D eigenvalue weighted by molar-refractivity contribution is 7.16. The number of ether oxygens (including phenoxy) is 1. The molecular formula is C22H16Cl2F6N2O4S. The van der Waals surface area contributed by atoms with E-state index in [1.54, 1.807) is 0 Å². The van der Waals surface area contributed by atoms with Gasteiger partial charge in [0.15, 0.2) is 6.61 Å². The summed E-state index contributed by atoms with van der Waals surface area (Å²) in [6.45, 7) is -2.60. The third-order valence-corrected chi connectivity index (χ3v) is 7.50. The zero-order chi connectivity index (χ0) is 27.2. The van der Waals surface area contributed by atoms with Gasteiger partial charge in [-0.3, -0.25) is 9.59 Å². The van der Waals surface area contributed by atoms with E-state index in [0.717, 1.165) is 23.5 Å². The van der Waals surface area contributed by atoms with Gasteiger partial charge in [-0.15, -0.1) is 11.3 Å². The Labute approximate surface area is 219 Å². The third kappa shape index (κ3) is 5.68. The molecule has 1 unspecified atom stereocenters. The molecule has 0 spiro atoms. The number of hydrogen-bond donors (Lipinski definition) is 1. The third-order valence-electron chi connectivity index (χ3n) is 5.74. The monoisotopic (exact) mass is 588 g/mol. The molecule has 0 saturated carbocycles. The number of alkyl halides is 6. The maximum atomic E-state index is 14.3. The molecule has 2 aromatic rings. The van der Waals surface area contributed by atoms with E-state index in [0.29, 0.717) is 35.3 Å². The van der Waals surface area contributed by atoms with Gasteiger partial charge >= 0.3 is 18.3 Å². The van der Waals surface area contributed by atoms with Crippen LogP contribution in [-0.2, 0) is 32.8 Å². The molecule has 0 fully saturated rings. The van der Waals surface area contributed by atoms with Gasteiger partial charge in [0.1, 0.15) is 12.3 Å². The average molecular weight is 589 g/mol. The van der Waals surface area contributed by atoms with Gasteiger partial charge in [0, 0.05) is 15.6 Å². The predicted molar refractivity (Wildman–Crippen MR) is 122 cm³/mol. The summed E-state index contributed by atoms with van der Waals surface area (Å²) in [5, 5.41) is 5.90. The first-order chi connectivity index (χ1) is 17.2. The van der Waals surface area contributed by atoms with Crippen LogP contribution in [0.2, 0.25) is 10.0 Å². The molecule has 0 bridgehead atoms. The van der Waals surface area contributed by atoms with Crippen molar-refractivity contribution in [3.05, 3.63) is 54.7 Å². The second kappa shape index (κ2) is 9.99. The minimum absolute atomic E-state index is 0.0205. The summed E-state index contributed by atoms with van der Waals surface area (Å²) in [6, 6.07) is 3.47. The Bertz CT molecular complexity index is 1260. The molecule has 6 nitrogen and oxygen atoms in total. The molecule has 1 aromatic heterocycles. The van der Waals surface area contributed by atoms with Crippen molar-refractivity contribution in [3.8, 4) is 0 Å². The van der Waals surface area contributed by atoms with E-state index >= 15 is 0 Å². The fourth-order valence-electron chi connectivity index (χ4n) is 4.15. The van der Waals surface area contributed by atoms with Gasteiger partial charge in [-0.1, -0.05) is 28.4 Å². The van der Waals surface area contributed by atoms with Crippen molar-refractivity contribution in [2.45, 2.75) is 43.6 Å². The summed E-state index contributed by atoms with van der Waals surface area (Å²) in [5.41, 5.74) is -1.99. The van der Waals surface area contributed by atoms with Gasteiger partial charge in [-0.25, -0.2) is 0 Å². The first-order valence-electron chi connectivity index (χ1n) is 10.6. The Morgan fingerprint density at radius 2 is 1.73 bits per heavy atom. The van der Waals surface area contributed by atoms with Gasteiger partial charge < -0.3 is 14.9 Å². The van der Waals surface area contributed by atoms with Crippen LogP contribution in [0.25, 0.3) is 0 Å². The number of nitrogens with one attached hydrogen (secondary N) is 1. The molecule has 1 aromatic carbocycles. The number of benzene rings is 1. The molecule has 1 atom stereocenters. The molecule has 37 heavy (non-hydrogen) atoms. The van der Waals surface area contributed by atoms with Crippen molar-refractivity contribution in [2.75, 3.05) is 13.2 Å². The summed E-state index contributed by atoms with van der Waals surface area (Å²) in [5.74, 6) is -2.05. The number of fused-ring (bicyclic) bond motifs is 1. The van der Waals surface area contributed by atoms with E-state index < -0.39 is 49.4 Å². The number of amides is 1. The lowest BCUT2D eigenvalue weighted by atomic mass is 9.87. The van der Waals surface area contributed by atoms with Gasteiger partial charge in [0.05, 0.1) is 16.2 Å². The molecule has 4 rings (SSSR count). The van der Waals surface area contributed by atoms with Crippen LogP contribution in [0.5, 0.6) is 0 Å². The van der Waals surface area contributed by atoms with E-state index in [4.69, 9.17) is 28.0 Å². The fraction of sp³-hybridized carbons (Fsp3) is 0.409. The molecule has 200 valence electrons. The van der Waals surface area contributed by atoms with Crippen LogP contribution in [-0.4, -0.2) is 43.1 Å². The number of carbonyl (C=O) groups excluding carboxylic acids is 2. The highest BCUT2D eigenvalue weighted by Crippen LogP contribution is 2.51. The number of thiophene rings is 1. The number of oxime groups is 1. The minimum Gasteiger partial charge on any atom is -0.455 e. The summed E-state index contributed by atoms with van der Waals surface area (Å²) in [7, 11) is 0. The molecule has 0 radical (unpaired) electrons. The first-order valence-corrected chi connectivity index (χ1v) is 12.2. The first kappa shape index (κ1) is 27.5. The molecule has 0 saturated heterocycles. The number of esters is 1. The van der Waals surface area contributed by atoms with Crippen LogP contribution >= 0.6 is 34.5 Å². The highest BCUT2D eigenvalue weighted by atomic mass is 35.5. The summed E-state index contributed by atoms with van der Waals surface area (Å²) in [4.78, 5) is 29.7. The zero-order valence-corrected chi connectivity index (χ0v) is 20.8. The van der Waals surface area contributed by atoms with Crippen molar-refractivity contribution in [3.63, 3.8) is 0 Å². The van der Waals surface area contributed by atoms with Gasteiger partial charge in [-0.05, 0) is 48.6 Å². The summed E-state index contributed by atoms with van der Waals surface area (Å²) >= 11 is 12.7. The number of halogens is 8. The minimum atomic E-state index is -4.90. The molecule has 1 aliphatic carbocycles. The van der Waals surface area contributed by atoms with Gasteiger partial charge in [-0.2, -0.15) is 26.3 Å². The van der Waals surface area contributed by atoms with Crippen molar-refractivity contribution < 1.29 is 45.5 Å². The SMILES string of the molecule is O=C(CNC(=O)c1sc(C2=NOC(c3cc(Cl)cc(Cl)c3)(C(F)(F)F)C2)c2c1CCC2)OCC(F)(F)F. The number of nitrogens with zero attached hydrogens (tertiary/aromatic N) is 1. The van der Waals surface area contributed by atoms with Crippen LogP contribution in [0, 0.1) is 0 Å². The van der Waals surface area contributed by atoms with Crippen molar-refractivity contribution in [1.82, 2.24) is 5.32 Å². The maximum absolute atomic E-state index is 14.3. The Morgan fingerprint density at radius 1 is 1.08 bits per heavy atom. The Hall–Kier alpha value is -2.51. The van der Waals surface area contributed by atoms with Gasteiger partial charge in [0.2, 0.25) is 0 Å². The second-order valence-corrected chi connectivity index (χ2v) is 10.2. The summed E-state index contributed by atoms with van der Waals surface area (Å²) in [6.07, 6.45) is -8.76. The molecule has 1 N–H and O–H groups in total. The van der Waals surface area contributed by atoms with Crippen LogP contribution < -0.4 is 5.32 Å². The molecular weight excluding hydrogens is 573 g/mol. The van der Waals surface area contributed by atoms with Crippen molar-refractivity contribution in [1.29, 1.82) is 0 Å². The summed E-state index contributed by atoms with van der Waals surface area (Å²) < 4.78 is 83.6. The van der Waals surface area contributed by atoms with E-state index in [2.05, 4.69) is 15.2 Å². The number of hydrogen-bond acceptors (Lipinski definition) is 6. The normalized spacial score (nSPS) is 19.3. The van der Waals surface area contributed by atoms with E-state index in [-0.39, 0.29) is 26.2 Å². The van der Waals surface area contributed by atoms with Crippen LogP contribution in [0.1, 0.15) is 44.1 Å². The zero-order valence-electron chi connectivity index (χ0n) is 18.5. The van der Waals surface area contributed by atoms with Gasteiger partial charge in [0.25, 0.3) is 11.5 Å². The average Bonchev–Trinajstić information content (AvgIpc) is 3.49. The molecule has 2 aliphatic rings. The molecule has 1 amide bonds. The maximum Gasteiger partial charge on any atom is 0.435 e. The Kier molecular flexibility index (Phi) is 7.43. The number of rotatable bonds is 6. The van der Waals surface area contributed by atoms with Crippen LogP contribution in [0.4, 0.5) is 26.3 Å². The number of carbonyl (C=O) groups is 2. The Balaban J connectivity index is 1.57. The fourth-order valence-corrected chi connectivity index (χ4v) is 5.96.